The standard InChI is InChI=1S/C18H12BrN3O7/c1-29-14-8-9(7-13(15(14)23)22(27)28)6-12-16(24)20-18(26)21(17(12)25)11-4-2-10(19)3-5-11/h2-8,23H,1H3,(H,20,24,26)/p-1/b12-6+. The van der Waals surface area contributed by atoms with E-state index in [0.717, 1.165) is 34.7 Å². The molecule has 1 saturated heterocycles. The van der Waals surface area contributed by atoms with Gasteiger partial charge in [0.2, 0.25) is 0 Å². The maximum Gasteiger partial charge on any atom is 0.335 e. The first-order chi connectivity index (χ1) is 13.7. The fourth-order valence-electron chi connectivity index (χ4n) is 2.63. The predicted octanol–water partition coefficient (Wildman–Crippen LogP) is 2.11. The highest BCUT2D eigenvalue weighted by Gasteiger charge is 2.36. The Hall–Kier alpha value is -3.73. The van der Waals surface area contributed by atoms with Gasteiger partial charge in [-0.05, 0) is 42.0 Å². The van der Waals surface area contributed by atoms with Crippen molar-refractivity contribution in [1.29, 1.82) is 0 Å². The van der Waals surface area contributed by atoms with Crippen molar-refractivity contribution in [1.82, 2.24) is 5.32 Å². The number of barbiturate groups is 1. The monoisotopic (exact) mass is 460 g/mol. The van der Waals surface area contributed by atoms with Crippen LogP contribution in [0.2, 0.25) is 0 Å². The molecule has 2 aromatic rings. The summed E-state index contributed by atoms with van der Waals surface area (Å²) in [6.07, 6.45) is 1.05. The number of nitrogens with one attached hydrogen (secondary N) is 1. The Morgan fingerprint density at radius 3 is 2.41 bits per heavy atom. The molecule has 0 bridgehead atoms. The third kappa shape index (κ3) is 3.80. The normalized spacial score (nSPS) is 15.4. The van der Waals surface area contributed by atoms with Crippen molar-refractivity contribution >= 4 is 51.2 Å². The van der Waals surface area contributed by atoms with Crippen molar-refractivity contribution in [3.63, 3.8) is 0 Å². The van der Waals surface area contributed by atoms with Crippen LogP contribution in [-0.4, -0.2) is 29.9 Å². The van der Waals surface area contributed by atoms with Crippen LogP contribution >= 0.6 is 15.9 Å². The van der Waals surface area contributed by atoms with E-state index in [1.54, 1.807) is 12.1 Å². The van der Waals surface area contributed by atoms with Crippen LogP contribution in [0.25, 0.3) is 6.08 Å². The highest BCUT2D eigenvalue weighted by molar-refractivity contribution is 9.10. The van der Waals surface area contributed by atoms with Crippen LogP contribution in [0.5, 0.6) is 11.5 Å². The molecule has 148 valence electrons. The molecule has 3 rings (SSSR count). The fourth-order valence-corrected chi connectivity index (χ4v) is 2.89. The zero-order valence-corrected chi connectivity index (χ0v) is 16.3. The number of anilines is 1. The molecular formula is C18H11BrN3O7-. The summed E-state index contributed by atoms with van der Waals surface area (Å²) in [5, 5.41) is 25.1. The van der Waals surface area contributed by atoms with Gasteiger partial charge in [0.1, 0.15) is 11.3 Å². The number of nitrogens with zero attached hydrogens (tertiary/aromatic N) is 2. The molecule has 1 fully saturated rings. The van der Waals surface area contributed by atoms with E-state index in [4.69, 9.17) is 4.74 Å². The van der Waals surface area contributed by atoms with Crippen LogP contribution in [0.4, 0.5) is 16.2 Å². The molecule has 4 amide bonds. The van der Waals surface area contributed by atoms with Crippen LogP contribution in [0.15, 0.2) is 46.4 Å². The number of amides is 4. The third-order valence-corrected chi connectivity index (χ3v) is 4.50. The molecular weight excluding hydrogens is 450 g/mol. The van der Waals surface area contributed by atoms with E-state index < -0.39 is 39.8 Å². The second kappa shape index (κ2) is 7.72. The van der Waals surface area contributed by atoms with E-state index >= 15 is 0 Å². The van der Waals surface area contributed by atoms with Crippen LogP contribution < -0.4 is 20.1 Å². The average molecular weight is 461 g/mol. The molecule has 0 spiro atoms. The van der Waals surface area contributed by atoms with E-state index in [-0.39, 0.29) is 17.0 Å². The van der Waals surface area contributed by atoms with Gasteiger partial charge in [0.05, 0.1) is 17.7 Å². The van der Waals surface area contributed by atoms with E-state index in [2.05, 4.69) is 15.9 Å². The molecule has 0 radical (unpaired) electrons. The molecule has 1 heterocycles. The molecule has 0 aliphatic carbocycles. The Morgan fingerprint density at radius 2 is 1.83 bits per heavy atom. The Balaban J connectivity index is 2.08. The molecule has 0 atom stereocenters. The van der Waals surface area contributed by atoms with Gasteiger partial charge in [0, 0.05) is 16.3 Å². The van der Waals surface area contributed by atoms with Gasteiger partial charge in [-0.15, -0.1) is 0 Å². The summed E-state index contributed by atoms with van der Waals surface area (Å²) in [4.78, 5) is 48.2. The minimum atomic E-state index is -0.971. The Kier molecular flexibility index (Phi) is 5.33. The molecule has 2 aromatic carbocycles. The summed E-state index contributed by atoms with van der Waals surface area (Å²) in [6, 6.07) is 7.35. The molecule has 1 N–H and O–H groups in total. The second-order valence-electron chi connectivity index (χ2n) is 5.76. The number of carbonyl (C=O) groups is 3. The zero-order chi connectivity index (χ0) is 21.3. The van der Waals surface area contributed by atoms with Gasteiger partial charge in [-0.25, -0.2) is 9.69 Å². The smallest absolute Gasteiger partial charge is 0.335 e. The van der Waals surface area contributed by atoms with Crippen molar-refractivity contribution in [2.45, 2.75) is 0 Å². The lowest BCUT2D eigenvalue weighted by atomic mass is 10.1. The second-order valence-corrected chi connectivity index (χ2v) is 6.68. The molecule has 0 unspecified atom stereocenters. The van der Waals surface area contributed by atoms with Crippen molar-refractivity contribution in [2.24, 2.45) is 0 Å². The number of halogens is 1. The SMILES string of the molecule is COc1cc(/C=C2\C(=O)NC(=O)N(c3ccc(Br)cc3)C2=O)cc([N+](=O)[O-])c1[O-]. The lowest BCUT2D eigenvalue weighted by Gasteiger charge is -2.26. The molecule has 11 heteroatoms. The molecule has 1 aliphatic heterocycles. The zero-order valence-electron chi connectivity index (χ0n) is 14.7. The summed E-state index contributed by atoms with van der Waals surface area (Å²) in [5.41, 5.74) is -0.993. The van der Waals surface area contributed by atoms with Gasteiger partial charge in [-0.1, -0.05) is 15.9 Å². The number of methoxy groups -OCH3 is 1. The molecule has 10 nitrogen and oxygen atoms in total. The van der Waals surface area contributed by atoms with Crippen molar-refractivity contribution in [2.75, 3.05) is 12.0 Å². The topological polar surface area (TPSA) is 142 Å². The van der Waals surface area contributed by atoms with Crippen molar-refractivity contribution < 1.29 is 29.2 Å². The van der Waals surface area contributed by atoms with Crippen LogP contribution in [0, 0.1) is 10.1 Å². The average Bonchev–Trinajstić information content (AvgIpc) is 2.67. The highest BCUT2D eigenvalue weighted by atomic mass is 79.9. The van der Waals surface area contributed by atoms with Crippen LogP contribution in [-0.2, 0) is 9.59 Å². The Labute approximate surface area is 171 Å². The van der Waals surface area contributed by atoms with E-state index in [1.165, 1.54) is 12.1 Å². The Bertz CT molecular complexity index is 1080. The largest absolute Gasteiger partial charge is 0.865 e. The number of hydrogen-bond acceptors (Lipinski definition) is 7. The maximum absolute atomic E-state index is 12.8. The van der Waals surface area contributed by atoms with Gasteiger partial charge in [-0.3, -0.25) is 25.0 Å². The lowest BCUT2D eigenvalue weighted by Crippen LogP contribution is -2.54. The number of ether oxygens (including phenoxy) is 1. The fraction of sp³-hybridized carbons (Fsp3) is 0.0556. The predicted molar refractivity (Wildman–Crippen MR) is 102 cm³/mol. The number of carbonyl (C=O) groups excluding carboxylic acids is 3. The number of rotatable bonds is 4. The third-order valence-electron chi connectivity index (χ3n) is 3.97. The number of benzene rings is 2. The molecule has 29 heavy (non-hydrogen) atoms. The van der Waals surface area contributed by atoms with E-state index in [9.17, 15) is 29.6 Å². The summed E-state index contributed by atoms with van der Waals surface area (Å²) in [6.45, 7) is 0. The van der Waals surface area contributed by atoms with Crippen molar-refractivity contribution in [3.05, 3.63) is 62.1 Å². The molecule has 0 saturated carbocycles. The Morgan fingerprint density at radius 1 is 1.17 bits per heavy atom. The quantitative estimate of drug-likeness (QED) is 0.318. The minimum Gasteiger partial charge on any atom is -0.865 e. The number of imide groups is 2. The number of nitro groups is 1. The van der Waals surface area contributed by atoms with Gasteiger partial charge in [0.15, 0.2) is 0 Å². The van der Waals surface area contributed by atoms with Gasteiger partial charge < -0.3 is 9.84 Å². The summed E-state index contributed by atoms with van der Waals surface area (Å²) in [7, 11) is 1.16. The minimum absolute atomic E-state index is 0.0109. The van der Waals surface area contributed by atoms with Gasteiger partial charge in [-0.2, -0.15) is 0 Å². The first-order valence-corrected chi connectivity index (χ1v) is 8.72. The van der Waals surface area contributed by atoms with Gasteiger partial charge >= 0.3 is 6.03 Å². The molecule has 1 aliphatic rings. The van der Waals surface area contributed by atoms with Crippen molar-refractivity contribution in [3.8, 4) is 11.5 Å². The highest BCUT2D eigenvalue weighted by Crippen LogP contribution is 2.35. The van der Waals surface area contributed by atoms with E-state index in [0.29, 0.717) is 0 Å². The maximum atomic E-state index is 12.8. The van der Waals surface area contributed by atoms with E-state index in [1.807, 2.05) is 5.32 Å². The molecule has 0 aromatic heterocycles. The lowest BCUT2D eigenvalue weighted by molar-refractivity contribution is -0.398. The first-order valence-electron chi connectivity index (χ1n) is 7.93. The van der Waals surface area contributed by atoms with Gasteiger partial charge in [0.25, 0.3) is 17.5 Å². The number of urea groups is 1. The number of nitro benzene ring substituents is 1. The van der Waals surface area contributed by atoms with Crippen LogP contribution in [0.1, 0.15) is 5.56 Å². The summed E-state index contributed by atoms with van der Waals surface area (Å²) in [5.74, 6) is -3.16. The number of hydrogen-bond donors (Lipinski definition) is 1. The van der Waals surface area contributed by atoms with Crippen LogP contribution in [0.3, 0.4) is 0 Å². The summed E-state index contributed by atoms with van der Waals surface area (Å²) < 4.78 is 5.56. The first kappa shape index (κ1) is 20.0. The summed E-state index contributed by atoms with van der Waals surface area (Å²) >= 11 is 3.24.